The Labute approximate surface area is 147 Å². The van der Waals surface area contributed by atoms with E-state index in [9.17, 15) is 9.59 Å². The van der Waals surface area contributed by atoms with E-state index in [0.29, 0.717) is 32.6 Å². The van der Waals surface area contributed by atoms with Crippen molar-refractivity contribution in [3.05, 3.63) is 36.0 Å². The van der Waals surface area contributed by atoms with Gasteiger partial charge in [0.05, 0.1) is 12.5 Å². The number of piperazine rings is 1. The molecule has 1 unspecified atom stereocenters. The maximum Gasteiger partial charge on any atom is 0.239 e. The van der Waals surface area contributed by atoms with Crippen molar-refractivity contribution in [3.63, 3.8) is 0 Å². The van der Waals surface area contributed by atoms with Crippen molar-refractivity contribution in [2.45, 2.75) is 19.4 Å². The SMILES string of the molecule is CC(N)C(=O)N1CCN(C(=O)Cc2c[nH]c3ccccc23)CC1.Cl. The van der Waals surface area contributed by atoms with Gasteiger partial charge in [0.1, 0.15) is 0 Å². The van der Waals surface area contributed by atoms with Crippen LogP contribution in [0.15, 0.2) is 30.5 Å². The fraction of sp³-hybridized carbons (Fsp3) is 0.412. The zero-order valence-corrected chi connectivity index (χ0v) is 14.5. The number of hydrogen-bond acceptors (Lipinski definition) is 3. The summed E-state index contributed by atoms with van der Waals surface area (Å²) in [6, 6.07) is 7.49. The van der Waals surface area contributed by atoms with Crippen molar-refractivity contribution < 1.29 is 9.59 Å². The largest absolute Gasteiger partial charge is 0.361 e. The van der Waals surface area contributed by atoms with Crippen molar-refractivity contribution >= 4 is 35.1 Å². The van der Waals surface area contributed by atoms with Crippen LogP contribution in [0.3, 0.4) is 0 Å². The zero-order valence-electron chi connectivity index (χ0n) is 13.7. The second kappa shape index (κ2) is 7.68. The Kier molecular flexibility index (Phi) is 5.85. The van der Waals surface area contributed by atoms with Gasteiger partial charge in [-0.25, -0.2) is 0 Å². The molecule has 1 saturated heterocycles. The molecule has 6 nitrogen and oxygen atoms in total. The van der Waals surface area contributed by atoms with E-state index in [1.807, 2.05) is 35.4 Å². The van der Waals surface area contributed by atoms with Crippen molar-refractivity contribution in [1.29, 1.82) is 0 Å². The van der Waals surface area contributed by atoms with Gasteiger partial charge >= 0.3 is 0 Å². The van der Waals surface area contributed by atoms with Crippen LogP contribution in [0.2, 0.25) is 0 Å². The second-order valence-electron chi connectivity index (χ2n) is 6.03. The summed E-state index contributed by atoms with van der Waals surface area (Å²) in [7, 11) is 0. The average Bonchev–Trinajstić information content (AvgIpc) is 2.97. The molecule has 1 aliphatic rings. The van der Waals surface area contributed by atoms with Crippen molar-refractivity contribution in [3.8, 4) is 0 Å². The van der Waals surface area contributed by atoms with E-state index in [-0.39, 0.29) is 24.2 Å². The Morgan fingerprint density at radius 2 is 1.79 bits per heavy atom. The lowest BCUT2D eigenvalue weighted by Gasteiger charge is -2.35. The predicted octanol–water partition coefficient (Wildman–Crippen LogP) is 1.15. The summed E-state index contributed by atoms with van der Waals surface area (Å²) in [5.74, 6) is 0.0522. The zero-order chi connectivity index (χ0) is 16.4. The maximum atomic E-state index is 12.5. The number of carbonyl (C=O) groups excluding carboxylic acids is 2. The highest BCUT2D eigenvalue weighted by Gasteiger charge is 2.25. The van der Waals surface area contributed by atoms with Crippen molar-refractivity contribution in [2.75, 3.05) is 26.2 Å². The lowest BCUT2D eigenvalue weighted by molar-refractivity contribution is -0.139. The topological polar surface area (TPSA) is 82.4 Å². The van der Waals surface area contributed by atoms with Crippen LogP contribution in [0.5, 0.6) is 0 Å². The summed E-state index contributed by atoms with van der Waals surface area (Å²) in [5.41, 5.74) is 7.69. The number of nitrogens with one attached hydrogen (secondary N) is 1. The number of aromatic nitrogens is 1. The van der Waals surface area contributed by atoms with Crippen LogP contribution in [0.4, 0.5) is 0 Å². The van der Waals surface area contributed by atoms with Gasteiger partial charge in [0.15, 0.2) is 0 Å². The number of halogens is 1. The van der Waals surface area contributed by atoms with Crippen LogP contribution in [-0.2, 0) is 16.0 Å². The molecule has 0 radical (unpaired) electrons. The van der Waals surface area contributed by atoms with E-state index in [1.165, 1.54) is 0 Å². The highest BCUT2D eigenvalue weighted by molar-refractivity contribution is 5.89. The molecule has 1 atom stereocenters. The Morgan fingerprint density at radius 1 is 1.17 bits per heavy atom. The molecule has 24 heavy (non-hydrogen) atoms. The van der Waals surface area contributed by atoms with Crippen LogP contribution >= 0.6 is 12.4 Å². The fourth-order valence-corrected chi connectivity index (χ4v) is 3.02. The molecule has 3 N–H and O–H groups in total. The van der Waals surface area contributed by atoms with E-state index < -0.39 is 6.04 Å². The minimum absolute atomic E-state index is 0. The number of fused-ring (bicyclic) bond motifs is 1. The molecule has 0 spiro atoms. The van der Waals surface area contributed by atoms with Gasteiger partial charge in [0.2, 0.25) is 11.8 Å². The molecule has 1 aromatic carbocycles. The van der Waals surface area contributed by atoms with Gasteiger partial charge in [-0.3, -0.25) is 9.59 Å². The summed E-state index contributed by atoms with van der Waals surface area (Å²) < 4.78 is 0. The molecule has 1 aliphatic heterocycles. The number of nitrogens with two attached hydrogens (primary N) is 1. The number of hydrogen-bond donors (Lipinski definition) is 2. The number of benzene rings is 1. The quantitative estimate of drug-likeness (QED) is 0.871. The normalized spacial score (nSPS) is 15.9. The molecule has 2 aromatic rings. The number of rotatable bonds is 3. The van der Waals surface area contributed by atoms with Gasteiger partial charge < -0.3 is 20.5 Å². The van der Waals surface area contributed by atoms with Gasteiger partial charge in [0.25, 0.3) is 0 Å². The lowest BCUT2D eigenvalue weighted by Crippen LogP contribution is -2.54. The number of aromatic amines is 1. The Balaban J connectivity index is 0.00000208. The molecule has 3 rings (SSSR count). The highest BCUT2D eigenvalue weighted by atomic mass is 35.5. The van der Waals surface area contributed by atoms with Crippen LogP contribution < -0.4 is 5.73 Å². The molecule has 2 heterocycles. The minimum Gasteiger partial charge on any atom is -0.361 e. The first-order valence-electron chi connectivity index (χ1n) is 7.93. The van der Waals surface area contributed by atoms with Crippen molar-refractivity contribution in [2.24, 2.45) is 5.73 Å². The maximum absolute atomic E-state index is 12.5. The molecular formula is C17H23ClN4O2. The number of amides is 2. The van der Waals surface area contributed by atoms with Crippen LogP contribution in [0.25, 0.3) is 10.9 Å². The van der Waals surface area contributed by atoms with Gasteiger partial charge in [-0.1, -0.05) is 18.2 Å². The Hall–Kier alpha value is -2.05. The third-order valence-electron chi connectivity index (χ3n) is 4.35. The first kappa shape index (κ1) is 18.3. The number of para-hydroxylation sites is 1. The summed E-state index contributed by atoms with van der Waals surface area (Å²) in [6.07, 6.45) is 2.28. The third kappa shape index (κ3) is 3.71. The molecule has 0 aliphatic carbocycles. The minimum atomic E-state index is -0.483. The summed E-state index contributed by atoms with van der Waals surface area (Å²) in [5, 5.41) is 1.09. The molecule has 0 saturated carbocycles. The molecule has 0 bridgehead atoms. The smallest absolute Gasteiger partial charge is 0.239 e. The number of nitrogens with zero attached hydrogens (tertiary/aromatic N) is 2. The van der Waals surface area contributed by atoms with E-state index >= 15 is 0 Å². The molecule has 2 amide bonds. The molecule has 1 aromatic heterocycles. The summed E-state index contributed by atoms with van der Waals surface area (Å²) >= 11 is 0. The number of H-pyrrole nitrogens is 1. The number of carbonyl (C=O) groups is 2. The van der Waals surface area contributed by atoms with Gasteiger partial charge in [-0.2, -0.15) is 0 Å². The molecular weight excluding hydrogens is 328 g/mol. The first-order chi connectivity index (χ1) is 11.1. The molecule has 7 heteroatoms. The first-order valence-corrected chi connectivity index (χ1v) is 7.93. The Morgan fingerprint density at radius 3 is 2.46 bits per heavy atom. The van der Waals surface area contributed by atoms with Crippen LogP contribution in [-0.4, -0.2) is 58.8 Å². The lowest BCUT2D eigenvalue weighted by atomic mass is 10.1. The van der Waals surface area contributed by atoms with Crippen molar-refractivity contribution in [1.82, 2.24) is 14.8 Å². The molecule has 130 valence electrons. The van der Waals surface area contributed by atoms with Gasteiger partial charge in [-0.15, -0.1) is 12.4 Å². The monoisotopic (exact) mass is 350 g/mol. The van der Waals surface area contributed by atoms with Crippen LogP contribution in [0, 0.1) is 0 Å². The molecule has 1 fully saturated rings. The summed E-state index contributed by atoms with van der Waals surface area (Å²) in [6.45, 7) is 3.94. The van der Waals surface area contributed by atoms with E-state index in [0.717, 1.165) is 16.5 Å². The standard InChI is InChI=1S/C17H22N4O2.ClH/c1-12(18)17(23)21-8-6-20(7-9-21)16(22)10-13-11-19-15-5-3-2-4-14(13)15;/h2-5,11-12,19H,6-10,18H2,1H3;1H. The van der Waals surface area contributed by atoms with Crippen LogP contribution in [0.1, 0.15) is 12.5 Å². The third-order valence-corrected chi connectivity index (χ3v) is 4.35. The summed E-state index contributed by atoms with van der Waals surface area (Å²) in [4.78, 5) is 31.1. The second-order valence-corrected chi connectivity index (χ2v) is 6.03. The van der Waals surface area contributed by atoms with Gasteiger partial charge in [-0.05, 0) is 18.6 Å². The van der Waals surface area contributed by atoms with Gasteiger partial charge in [0, 0.05) is 43.3 Å². The van der Waals surface area contributed by atoms with E-state index in [4.69, 9.17) is 5.73 Å². The van der Waals surface area contributed by atoms with E-state index in [1.54, 1.807) is 11.8 Å². The average molecular weight is 351 g/mol. The Bertz CT molecular complexity index is 720. The van der Waals surface area contributed by atoms with E-state index in [2.05, 4.69) is 4.98 Å². The fourth-order valence-electron chi connectivity index (χ4n) is 3.02. The highest BCUT2D eigenvalue weighted by Crippen LogP contribution is 2.19. The predicted molar refractivity (Wildman–Crippen MR) is 96.1 cm³/mol.